The number of rotatable bonds is 2. The molecule has 0 saturated heterocycles. The molecule has 126 valence electrons. The fourth-order valence-corrected chi connectivity index (χ4v) is 3.43. The van der Waals surface area contributed by atoms with Crippen LogP contribution >= 0.6 is 0 Å². The Morgan fingerprint density at radius 2 is 1.33 bits per heavy atom. The molecule has 2 heterocycles. The number of hydrogen-bond donors (Lipinski definition) is 0. The number of pyridine rings is 1. The van der Waals surface area contributed by atoms with Gasteiger partial charge in [-0.1, -0.05) is 48.5 Å². The molecular formula is C24H14N2O. The number of hydrogen-bond acceptors (Lipinski definition) is 3. The van der Waals surface area contributed by atoms with E-state index in [1.165, 1.54) is 0 Å². The van der Waals surface area contributed by atoms with Crippen LogP contribution in [-0.4, -0.2) is 4.98 Å². The smallest absolute Gasteiger partial charge is 0.141 e. The van der Waals surface area contributed by atoms with Gasteiger partial charge in [0.25, 0.3) is 0 Å². The third-order valence-electron chi connectivity index (χ3n) is 4.80. The molecule has 27 heavy (non-hydrogen) atoms. The molecule has 0 saturated carbocycles. The van der Waals surface area contributed by atoms with Crippen LogP contribution in [0.15, 0.2) is 89.5 Å². The van der Waals surface area contributed by atoms with Crippen LogP contribution in [0.5, 0.6) is 0 Å². The van der Waals surface area contributed by atoms with Crippen LogP contribution in [0.4, 0.5) is 0 Å². The molecule has 5 aromatic rings. The Morgan fingerprint density at radius 1 is 0.667 bits per heavy atom. The minimum Gasteiger partial charge on any atom is -0.456 e. The highest BCUT2D eigenvalue weighted by Crippen LogP contribution is 2.32. The third kappa shape index (κ3) is 2.65. The Morgan fingerprint density at radius 3 is 2.11 bits per heavy atom. The maximum absolute atomic E-state index is 9.02. The van der Waals surface area contributed by atoms with Crippen LogP contribution in [0.3, 0.4) is 0 Å². The van der Waals surface area contributed by atoms with E-state index < -0.39 is 0 Å². The number of fused-ring (bicyclic) bond motifs is 3. The van der Waals surface area contributed by atoms with E-state index >= 15 is 0 Å². The van der Waals surface area contributed by atoms with Crippen molar-refractivity contribution < 1.29 is 4.42 Å². The van der Waals surface area contributed by atoms with Crippen molar-refractivity contribution in [1.29, 1.82) is 5.26 Å². The van der Waals surface area contributed by atoms with Gasteiger partial charge in [0.2, 0.25) is 0 Å². The van der Waals surface area contributed by atoms with E-state index in [0.29, 0.717) is 5.69 Å². The molecular weight excluding hydrogens is 332 g/mol. The molecule has 0 spiro atoms. The monoisotopic (exact) mass is 346 g/mol. The number of nitrogens with zero attached hydrogens (tertiary/aromatic N) is 2. The van der Waals surface area contributed by atoms with E-state index in [9.17, 15) is 0 Å². The molecule has 2 aromatic heterocycles. The average molecular weight is 346 g/mol. The molecule has 0 fully saturated rings. The molecule has 0 amide bonds. The highest BCUT2D eigenvalue weighted by Gasteiger charge is 2.08. The molecule has 0 aliphatic carbocycles. The van der Waals surface area contributed by atoms with E-state index in [-0.39, 0.29) is 0 Å². The van der Waals surface area contributed by atoms with Gasteiger partial charge in [-0.05, 0) is 52.6 Å². The molecule has 0 bridgehead atoms. The molecule has 0 unspecified atom stereocenters. The second-order valence-corrected chi connectivity index (χ2v) is 6.43. The van der Waals surface area contributed by atoms with Crippen molar-refractivity contribution in [3.63, 3.8) is 0 Å². The van der Waals surface area contributed by atoms with E-state index in [1.807, 2.05) is 24.3 Å². The van der Waals surface area contributed by atoms with Crippen molar-refractivity contribution in [2.45, 2.75) is 0 Å². The Balaban J connectivity index is 1.54. The van der Waals surface area contributed by atoms with Crippen molar-refractivity contribution in [2.75, 3.05) is 0 Å². The maximum atomic E-state index is 9.02. The largest absolute Gasteiger partial charge is 0.456 e. The lowest BCUT2D eigenvalue weighted by molar-refractivity contribution is 0.669. The normalized spacial score (nSPS) is 10.9. The second-order valence-electron chi connectivity index (χ2n) is 6.43. The van der Waals surface area contributed by atoms with Crippen LogP contribution in [0, 0.1) is 11.3 Å². The summed E-state index contributed by atoms with van der Waals surface area (Å²) in [6.07, 6.45) is 1.66. The fourth-order valence-electron chi connectivity index (χ4n) is 3.43. The van der Waals surface area contributed by atoms with Gasteiger partial charge in [-0.15, -0.1) is 0 Å². The van der Waals surface area contributed by atoms with Gasteiger partial charge in [-0.25, -0.2) is 4.98 Å². The van der Waals surface area contributed by atoms with Gasteiger partial charge in [-0.2, -0.15) is 5.26 Å². The van der Waals surface area contributed by atoms with Crippen LogP contribution in [-0.2, 0) is 0 Å². The van der Waals surface area contributed by atoms with E-state index in [1.54, 1.807) is 12.3 Å². The molecule has 3 heteroatoms. The van der Waals surface area contributed by atoms with Gasteiger partial charge in [0.15, 0.2) is 0 Å². The van der Waals surface area contributed by atoms with Crippen molar-refractivity contribution in [3.05, 3.63) is 90.8 Å². The molecule has 0 atom stereocenters. The summed E-state index contributed by atoms with van der Waals surface area (Å²) in [6, 6.07) is 28.5. The lowest BCUT2D eigenvalue weighted by Crippen LogP contribution is -1.84. The zero-order valence-corrected chi connectivity index (χ0v) is 14.4. The van der Waals surface area contributed by atoms with Gasteiger partial charge >= 0.3 is 0 Å². The lowest BCUT2D eigenvalue weighted by atomic mass is 9.99. The summed E-state index contributed by atoms with van der Waals surface area (Å²) in [5.41, 5.74) is 6.50. The first-order valence-electron chi connectivity index (χ1n) is 8.70. The standard InChI is InChI=1S/C24H14N2O/c25-15-20-13-19(11-12-26-20)17-7-5-16(6-8-17)18-9-10-22-21-3-1-2-4-23(21)27-24(22)14-18/h1-14H. The Bertz CT molecular complexity index is 1320. The predicted octanol–water partition coefficient (Wildman–Crippen LogP) is 6.19. The van der Waals surface area contributed by atoms with Crippen molar-refractivity contribution in [1.82, 2.24) is 4.98 Å². The number of aromatic nitrogens is 1. The minimum absolute atomic E-state index is 0.423. The maximum Gasteiger partial charge on any atom is 0.141 e. The Labute approximate surface area is 156 Å². The summed E-state index contributed by atoms with van der Waals surface area (Å²) in [4.78, 5) is 4.02. The van der Waals surface area contributed by atoms with Gasteiger partial charge in [-0.3, -0.25) is 0 Å². The first-order valence-corrected chi connectivity index (χ1v) is 8.70. The number of para-hydroxylation sites is 1. The topological polar surface area (TPSA) is 49.8 Å². The van der Waals surface area contributed by atoms with Crippen LogP contribution < -0.4 is 0 Å². The summed E-state index contributed by atoms with van der Waals surface area (Å²) in [6.45, 7) is 0. The summed E-state index contributed by atoms with van der Waals surface area (Å²) in [7, 11) is 0. The molecule has 3 aromatic carbocycles. The van der Waals surface area contributed by atoms with Gasteiger partial charge < -0.3 is 4.42 Å². The first kappa shape index (κ1) is 15.4. The summed E-state index contributed by atoms with van der Waals surface area (Å²) in [5.74, 6) is 0. The molecule has 0 radical (unpaired) electrons. The molecule has 3 nitrogen and oxygen atoms in total. The summed E-state index contributed by atoms with van der Waals surface area (Å²) in [5, 5.41) is 11.3. The number of furan rings is 1. The quantitative estimate of drug-likeness (QED) is 0.383. The zero-order chi connectivity index (χ0) is 18.2. The van der Waals surface area contributed by atoms with E-state index in [2.05, 4.69) is 59.6 Å². The van der Waals surface area contributed by atoms with Crippen molar-refractivity contribution in [2.24, 2.45) is 0 Å². The first-order chi connectivity index (χ1) is 13.3. The SMILES string of the molecule is N#Cc1cc(-c2ccc(-c3ccc4c(c3)oc3ccccc34)cc2)ccn1. The third-order valence-corrected chi connectivity index (χ3v) is 4.80. The van der Waals surface area contributed by atoms with Gasteiger partial charge in [0.1, 0.15) is 22.9 Å². The van der Waals surface area contributed by atoms with E-state index in [4.69, 9.17) is 9.68 Å². The molecule has 0 N–H and O–H groups in total. The van der Waals surface area contributed by atoms with Gasteiger partial charge in [0.05, 0.1) is 0 Å². The summed E-state index contributed by atoms with van der Waals surface area (Å²) < 4.78 is 6.00. The lowest BCUT2D eigenvalue weighted by Gasteiger charge is -2.05. The highest BCUT2D eigenvalue weighted by atomic mass is 16.3. The second kappa shape index (κ2) is 6.12. The zero-order valence-electron chi connectivity index (χ0n) is 14.4. The van der Waals surface area contributed by atoms with Gasteiger partial charge in [0, 0.05) is 17.0 Å². The van der Waals surface area contributed by atoms with Crippen molar-refractivity contribution in [3.8, 4) is 28.3 Å². The van der Waals surface area contributed by atoms with Crippen LogP contribution in [0.2, 0.25) is 0 Å². The fraction of sp³-hybridized carbons (Fsp3) is 0. The Hall–Kier alpha value is -3.90. The molecule has 5 rings (SSSR count). The minimum atomic E-state index is 0.423. The van der Waals surface area contributed by atoms with E-state index in [0.717, 1.165) is 44.2 Å². The van der Waals surface area contributed by atoms with Crippen LogP contribution in [0.1, 0.15) is 5.69 Å². The predicted molar refractivity (Wildman–Crippen MR) is 107 cm³/mol. The number of nitriles is 1. The molecule has 0 aliphatic heterocycles. The average Bonchev–Trinajstić information content (AvgIpc) is 3.12. The van der Waals surface area contributed by atoms with Crippen LogP contribution in [0.25, 0.3) is 44.2 Å². The number of benzene rings is 3. The highest BCUT2D eigenvalue weighted by molar-refractivity contribution is 6.05. The summed E-state index contributed by atoms with van der Waals surface area (Å²) >= 11 is 0. The van der Waals surface area contributed by atoms with Crippen molar-refractivity contribution >= 4 is 21.9 Å². The Kier molecular flexibility index (Phi) is 3.48. The molecule has 0 aliphatic rings.